The van der Waals surface area contributed by atoms with Crippen LogP contribution in [0.15, 0.2) is 4.99 Å². The molecule has 0 spiro atoms. The van der Waals surface area contributed by atoms with Gasteiger partial charge in [-0.3, -0.25) is 9.89 Å². The Bertz CT molecular complexity index is 437. The summed E-state index contributed by atoms with van der Waals surface area (Å²) in [6.07, 6.45) is 6.54. The van der Waals surface area contributed by atoms with Crippen LogP contribution in [0.4, 0.5) is 0 Å². The van der Waals surface area contributed by atoms with Crippen LogP contribution in [-0.4, -0.2) is 86.9 Å². The summed E-state index contributed by atoms with van der Waals surface area (Å²) < 4.78 is 5.51. The second-order valence-corrected chi connectivity index (χ2v) is 8.59. The van der Waals surface area contributed by atoms with Gasteiger partial charge in [0.25, 0.3) is 0 Å². The highest BCUT2D eigenvalue weighted by Crippen LogP contribution is 2.30. The number of hydrogen-bond donors (Lipinski definition) is 2. The van der Waals surface area contributed by atoms with Crippen molar-refractivity contribution in [3.8, 4) is 0 Å². The number of nitrogens with one attached hydrogen (secondary N) is 2. The molecule has 0 aromatic rings. The van der Waals surface area contributed by atoms with E-state index in [9.17, 15) is 0 Å². The number of nitrogens with zero attached hydrogens (tertiary/aromatic N) is 3. The van der Waals surface area contributed by atoms with Crippen LogP contribution in [0, 0.1) is 0 Å². The van der Waals surface area contributed by atoms with Crippen molar-refractivity contribution in [3.63, 3.8) is 0 Å². The van der Waals surface area contributed by atoms with Gasteiger partial charge in [-0.1, -0.05) is 6.42 Å². The van der Waals surface area contributed by atoms with Gasteiger partial charge >= 0.3 is 0 Å². The van der Waals surface area contributed by atoms with E-state index in [0.29, 0.717) is 6.54 Å². The molecule has 152 valence electrons. The van der Waals surface area contributed by atoms with Gasteiger partial charge in [0.05, 0.1) is 12.1 Å². The van der Waals surface area contributed by atoms with E-state index in [2.05, 4.69) is 48.3 Å². The second-order valence-electron chi connectivity index (χ2n) is 8.59. The Kier molecular flexibility index (Phi) is 8.17. The molecule has 2 rings (SSSR count). The van der Waals surface area contributed by atoms with Crippen LogP contribution in [-0.2, 0) is 4.74 Å². The average Bonchev–Trinajstić information content (AvgIpc) is 2.66. The predicted molar refractivity (Wildman–Crippen MR) is 110 cm³/mol. The van der Waals surface area contributed by atoms with E-state index < -0.39 is 0 Å². The van der Waals surface area contributed by atoms with Crippen LogP contribution in [0.3, 0.4) is 0 Å². The maximum Gasteiger partial charge on any atom is 0.191 e. The predicted octanol–water partition coefficient (Wildman–Crippen LogP) is 1.92. The number of ether oxygens (including phenoxy) is 1. The zero-order chi connectivity index (χ0) is 19.0. The Morgan fingerprint density at radius 3 is 2.31 bits per heavy atom. The molecule has 26 heavy (non-hydrogen) atoms. The number of likely N-dealkylation sites (tertiary alicyclic amines) is 2. The average molecular weight is 368 g/mol. The molecule has 6 nitrogen and oxygen atoms in total. The number of aliphatic imine (C=N–C) groups is 1. The lowest BCUT2D eigenvalue weighted by atomic mass is 9.84. The fraction of sp³-hybridized carbons (Fsp3) is 0.950. The van der Waals surface area contributed by atoms with E-state index in [0.717, 1.165) is 19.0 Å². The highest BCUT2D eigenvalue weighted by Gasteiger charge is 2.39. The lowest BCUT2D eigenvalue weighted by Gasteiger charge is -2.50. The van der Waals surface area contributed by atoms with Gasteiger partial charge in [0.1, 0.15) is 0 Å². The number of hydrogen-bond acceptors (Lipinski definition) is 4. The van der Waals surface area contributed by atoms with Crippen molar-refractivity contribution in [2.75, 3.05) is 60.0 Å². The van der Waals surface area contributed by atoms with Crippen LogP contribution < -0.4 is 10.6 Å². The van der Waals surface area contributed by atoms with Crippen molar-refractivity contribution in [2.45, 2.75) is 64.0 Å². The van der Waals surface area contributed by atoms with Crippen molar-refractivity contribution in [3.05, 3.63) is 0 Å². The molecule has 2 aliphatic rings. The molecule has 0 aromatic carbocycles. The Hall–Kier alpha value is -0.850. The lowest BCUT2D eigenvalue weighted by Crippen LogP contribution is -2.62. The van der Waals surface area contributed by atoms with Crippen LogP contribution in [0.1, 0.15) is 52.9 Å². The van der Waals surface area contributed by atoms with E-state index >= 15 is 0 Å². The molecule has 2 N–H and O–H groups in total. The normalized spacial score (nSPS) is 23.0. The minimum absolute atomic E-state index is 0.236. The number of guanidine groups is 1. The van der Waals surface area contributed by atoms with E-state index in [4.69, 9.17) is 9.73 Å². The number of rotatable bonds is 7. The molecule has 2 aliphatic heterocycles. The third-order valence-corrected chi connectivity index (χ3v) is 6.04. The van der Waals surface area contributed by atoms with Crippen LogP contribution in [0.5, 0.6) is 0 Å². The van der Waals surface area contributed by atoms with E-state index in [1.807, 2.05) is 0 Å². The first-order valence-electron chi connectivity index (χ1n) is 10.4. The molecule has 2 saturated heterocycles. The Labute approximate surface area is 160 Å². The van der Waals surface area contributed by atoms with Crippen molar-refractivity contribution >= 4 is 5.96 Å². The molecular weight excluding hydrogens is 326 g/mol. The monoisotopic (exact) mass is 367 g/mol. The fourth-order valence-corrected chi connectivity index (χ4v) is 3.93. The Balaban J connectivity index is 2.04. The Morgan fingerprint density at radius 2 is 1.73 bits per heavy atom. The van der Waals surface area contributed by atoms with Crippen molar-refractivity contribution in [2.24, 2.45) is 4.99 Å². The zero-order valence-electron chi connectivity index (χ0n) is 17.7. The van der Waals surface area contributed by atoms with Gasteiger partial charge in [0, 0.05) is 25.7 Å². The highest BCUT2D eigenvalue weighted by atomic mass is 16.5. The summed E-state index contributed by atoms with van der Waals surface area (Å²) in [7, 11) is 3.99. The summed E-state index contributed by atoms with van der Waals surface area (Å²) in [6.45, 7) is 13.6. The quantitative estimate of drug-likeness (QED) is 0.532. The molecule has 0 amide bonds. The minimum atomic E-state index is -0.236. The summed E-state index contributed by atoms with van der Waals surface area (Å²) in [6, 6.07) is 0. The standard InChI is InChI=1S/C20H41N5O/c1-6-21-18(22-16-19(2,3)26-5)23-17-20(10-14-24(4)15-11-20)25-12-8-7-9-13-25/h6-17H2,1-5H3,(H2,21,22,23). The van der Waals surface area contributed by atoms with Gasteiger partial charge in [-0.2, -0.15) is 0 Å². The summed E-state index contributed by atoms with van der Waals surface area (Å²) in [5.74, 6) is 0.910. The van der Waals surface area contributed by atoms with Crippen molar-refractivity contribution in [1.29, 1.82) is 0 Å². The van der Waals surface area contributed by atoms with Crippen molar-refractivity contribution in [1.82, 2.24) is 20.4 Å². The largest absolute Gasteiger partial charge is 0.377 e. The van der Waals surface area contributed by atoms with Gasteiger partial charge < -0.3 is 20.3 Å². The maximum absolute atomic E-state index is 5.51. The maximum atomic E-state index is 5.51. The molecular formula is C20H41N5O. The van der Waals surface area contributed by atoms with Crippen molar-refractivity contribution < 1.29 is 4.74 Å². The number of piperidine rings is 2. The second kappa shape index (κ2) is 9.90. The lowest BCUT2D eigenvalue weighted by molar-refractivity contribution is 0.0171. The van der Waals surface area contributed by atoms with Gasteiger partial charge in [-0.05, 0) is 79.7 Å². The minimum Gasteiger partial charge on any atom is -0.377 e. The van der Waals surface area contributed by atoms with Gasteiger partial charge in [-0.15, -0.1) is 0 Å². The first kappa shape index (κ1) is 21.5. The van der Waals surface area contributed by atoms with E-state index in [-0.39, 0.29) is 11.1 Å². The molecule has 2 heterocycles. The Morgan fingerprint density at radius 1 is 1.08 bits per heavy atom. The molecule has 0 atom stereocenters. The molecule has 0 aliphatic carbocycles. The zero-order valence-corrected chi connectivity index (χ0v) is 17.7. The summed E-state index contributed by atoms with van der Waals surface area (Å²) in [4.78, 5) is 10.00. The topological polar surface area (TPSA) is 52.1 Å². The fourth-order valence-electron chi connectivity index (χ4n) is 3.93. The third kappa shape index (κ3) is 6.10. The molecule has 0 radical (unpaired) electrons. The summed E-state index contributed by atoms with van der Waals surface area (Å²) >= 11 is 0. The van der Waals surface area contributed by atoms with Crippen LogP contribution in [0.25, 0.3) is 0 Å². The van der Waals surface area contributed by atoms with Gasteiger partial charge in [0.2, 0.25) is 0 Å². The van der Waals surface area contributed by atoms with Gasteiger partial charge in [0.15, 0.2) is 5.96 Å². The molecule has 0 saturated carbocycles. The number of methoxy groups -OCH3 is 1. The van der Waals surface area contributed by atoms with Gasteiger partial charge in [-0.25, -0.2) is 0 Å². The molecule has 2 fully saturated rings. The first-order chi connectivity index (χ1) is 12.4. The summed E-state index contributed by atoms with van der Waals surface area (Å²) in [5, 5.41) is 7.07. The third-order valence-electron chi connectivity index (χ3n) is 6.04. The summed E-state index contributed by atoms with van der Waals surface area (Å²) in [5.41, 5.74) is 0.0281. The smallest absolute Gasteiger partial charge is 0.191 e. The van der Waals surface area contributed by atoms with Crippen LogP contribution in [0.2, 0.25) is 0 Å². The van der Waals surface area contributed by atoms with Crippen LogP contribution >= 0.6 is 0 Å². The SMILES string of the molecule is CCNC(=NCC(C)(C)OC)NCC1(N2CCCCC2)CCN(C)CC1. The highest BCUT2D eigenvalue weighted by molar-refractivity contribution is 5.79. The van der Waals surface area contributed by atoms with E-state index in [1.165, 1.54) is 58.3 Å². The molecule has 6 heteroatoms. The molecule has 0 bridgehead atoms. The molecule has 0 aromatic heterocycles. The van der Waals surface area contributed by atoms with E-state index in [1.54, 1.807) is 7.11 Å². The first-order valence-corrected chi connectivity index (χ1v) is 10.4. The molecule has 0 unspecified atom stereocenters.